The normalized spacial score (nSPS) is 22.0. The van der Waals surface area contributed by atoms with Crippen molar-refractivity contribution in [2.24, 2.45) is 0 Å². The van der Waals surface area contributed by atoms with Crippen LogP contribution in [0.1, 0.15) is 67.7 Å². The van der Waals surface area contributed by atoms with Crippen LogP contribution in [-0.2, 0) is 17.8 Å². The molecule has 2 heterocycles. The van der Waals surface area contributed by atoms with E-state index >= 15 is 0 Å². The summed E-state index contributed by atoms with van der Waals surface area (Å²) in [7, 11) is 0. The Bertz CT molecular complexity index is 956. The van der Waals surface area contributed by atoms with E-state index < -0.39 is 0 Å². The fourth-order valence-corrected chi connectivity index (χ4v) is 5.37. The van der Waals surface area contributed by atoms with Crippen LogP contribution in [0.5, 0.6) is 5.75 Å². The first-order chi connectivity index (χ1) is 15.2. The van der Waals surface area contributed by atoms with Gasteiger partial charge in [0.1, 0.15) is 18.9 Å². The predicted octanol–water partition coefficient (Wildman–Crippen LogP) is 4.63. The van der Waals surface area contributed by atoms with Crippen LogP contribution in [0.15, 0.2) is 42.7 Å². The minimum absolute atomic E-state index is 0.0332. The van der Waals surface area contributed by atoms with E-state index in [1.165, 1.54) is 12.0 Å². The number of ether oxygens (including phenoxy) is 1. The van der Waals surface area contributed by atoms with Gasteiger partial charge in [0, 0.05) is 18.4 Å². The maximum Gasteiger partial charge on any atom is 0.328 e. The quantitative estimate of drug-likeness (QED) is 0.663. The third kappa shape index (κ3) is 3.91. The van der Waals surface area contributed by atoms with Crippen LogP contribution in [0.2, 0.25) is 0 Å². The van der Waals surface area contributed by atoms with Gasteiger partial charge in [-0.2, -0.15) is 0 Å². The second-order valence-corrected chi connectivity index (χ2v) is 8.84. The number of aromatic nitrogens is 1. The van der Waals surface area contributed by atoms with Crippen LogP contribution in [0.3, 0.4) is 0 Å². The molecule has 2 aromatic rings. The van der Waals surface area contributed by atoms with Crippen molar-refractivity contribution in [2.75, 3.05) is 6.54 Å². The Morgan fingerprint density at radius 2 is 1.77 bits per heavy atom. The molecule has 0 N–H and O–H groups in total. The number of hydrogen-bond acceptors (Lipinski definition) is 4. The highest BCUT2D eigenvalue weighted by molar-refractivity contribution is 6.02. The Kier molecular flexibility index (Phi) is 5.62. The molecule has 2 aliphatic carbocycles. The van der Waals surface area contributed by atoms with Crippen LogP contribution < -0.4 is 4.74 Å². The topological polar surface area (TPSA) is 62.7 Å². The summed E-state index contributed by atoms with van der Waals surface area (Å²) in [5.74, 6) is 0.843. The Hall–Kier alpha value is -2.89. The number of amides is 3. The van der Waals surface area contributed by atoms with Crippen molar-refractivity contribution in [3.63, 3.8) is 0 Å². The summed E-state index contributed by atoms with van der Waals surface area (Å²) < 4.78 is 6.16. The predicted molar refractivity (Wildman–Crippen MR) is 117 cm³/mol. The molecule has 0 bridgehead atoms. The average molecular weight is 420 g/mol. The Labute approximate surface area is 183 Å². The number of carbonyl (C=O) groups excluding carboxylic acids is 2. The maximum absolute atomic E-state index is 13.3. The number of benzene rings is 1. The van der Waals surface area contributed by atoms with Crippen LogP contribution in [-0.4, -0.2) is 39.3 Å². The van der Waals surface area contributed by atoms with E-state index in [0.29, 0.717) is 6.61 Å². The SMILES string of the molecule is O=C1CN(C2CCCc3c(OCc4ccncc4)cccc32)C(=O)N1C1CCCCC1. The van der Waals surface area contributed by atoms with Crippen LogP contribution in [0, 0.1) is 0 Å². The number of fused-ring (bicyclic) bond motifs is 1. The standard InChI is InChI=1S/C25H29N3O3/c29-24-16-27(25(30)28(24)19-6-2-1-3-7-19)22-10-4-9-21-20(22)8-5-11-23(21)31-17-18-12-14-26-15-13-18/h5,8,11-15,19,22H,1-4,6-7,9-10,16-17H2. The molecule has 1 unspecified atom stereocenters. The molecule has 1 aromatic heterocycles. The molecule has 5 rings (SSSR count). The second-order valence-electron chi connectivity index (χ2n) is 8.84. The van der Waals surface area contributed by atoms with Gasteiger partial charge in [0.25, 0.3) is 5.91 Å². The molecule has 6 heteroatoms. The number of pyridine rings is 1. The number of nitrogens with zero attached hydrogens (tertiary/aromatic N) is 3. The third-order valence-electron chi connectivity index (χ3n) is 6.92. The minimum atomic E-state index is -0.0992. The van der Waals surface area contributed by atoms with Crippen molar-refractivity contribution in [1.82, 2.24) is 14.8 Å². The van der Waals surface area contributed by atoms with E-state index in [1.807, 2.05) is 29.2 Å². The molecule has 0 spiro atoms. The molecule has 1 saturated heterocycles. The minimum Gasteiger partial charge on any atom is -0.489 e. The number of carbonyl (C=O) groups is 2. The molecule has 1 aliphatic heterocycles. The van der Waals surface area contributed by atoms with Crippen molar-refractivity contribution in [3.8, 4) is 5.75 Å². The first kappa shape index (κ1) is 20.0. The average Bonchev–Trinajstić information content (AvgIpc) is 3.12. The molecule has 6 nitrogen and oxygen atoms in total. The Morgan fingerprint density at radius 1 is 0.968 bits per heavy atom. The zero-order valence-corrected chi connectivity index (χ0v) is 17.8. The fourth-order valence-electron chi connectivity index (χ4n) is 5.37. The van der Waals surface area contributed by atoms with E-state index in [1.54, 1.807) is 17.3 Å². The monoisotopic (exact) mass is 419 g/mol. The van der Waals surface area contributed by atoms with Gasteiger partial charge in [-0.1, -0.05) is 31.4 Å². The molecule has 31 heavy (non-hydrogen) atoms. The molecular weight excluding hydrogens is 390 g/mol. The number of rotatable bonds is 5. The highest BCUT2D eigenvalue weighted by atomic mass is 16.5. The van der Waals surface area contributed by atoms with Crippen LogP contribution in [0.4, 0.5) is 4.79 Å². The lowest BCUT2D eigenvalue weighted by Crippen LogP contribution is -2.43. The smallest absolute Gasteiger partial charge is 0.328 e. The second kappa shape index (κ2) is 8.69. The van der Waals surface area contributed by atoms with Gasteiger partial charge < -0.3 is 9.64 Å². The number of urea groups is 1. The molecule has 3 aliphatic rings. The van der Waals surface area contributed by atoms with E-state index in [2.05, 4.69) is 11.1 Å². The lowest BCUT2D eigenvalue weighted by atomic mass is 9.86. The first-order valence-electron chi connectivity index (χ1n) is 11.5. The summed E-state index contributed by atoms with van der Waals surface area (Å²) in [4.78, 5) is 33.5. The van der Waals surface area contributed by atoms with E-state index in [4.69, 9.17) is 4.74 Å². The maximum atomic E-state index is 13.3. The highest BCUT2D eigenvalue weighted by Crippen LogP contribution is 2.41. The molecule has 3 amide bonds. The molecular formula is C25H29N3O3. The third-order valence-corrected chi connectivity index (χ3v) is 6.92. The van der Waals surface area contributed by atoms with Crippen molar-refractivity contribution in [3.05, 3.63) is 59.4 Å². The zero-order valence-electron chi connectivity index (χ0n) is 17.8. The van der Waals surface area contributed by atoms with Gasteiger partial charge in [-0.25, -0.2) is 4.79 Å². The summed E-state index contributed by atoms with van der Waals surface area (Å²) in [6.07, 6.45) is 11.6. The first-order valence-corrected chi connectivity index (χ1v) is 11.5. The largest absolute Gasteiger partial charge is 0.489 e. The summed E-state index contributed by atoms with van der Waals surface area (Å²) in [6, 6.07) is 9.93. The molecule has 2 fully saturated rings. The van der Waals surface area contributed by atoms with Crippen molar-refractivity contribution < 1.29 is 14.3 Å². The van der Waals surface area contributed by atoms with Gasteiger partial charge in [0.05, 0.1) is 6.04 Å². The Balaban J connectivity index is 1.36. The summed E-state index contributed by atoms with van der Waals surface area (Å²) in [5.41, 5.74) is 3.37. The van der Waals surface area contributed by atoms with Gasteiger partial charge >= 0.3 is 6.03 Å². The highest BCUT2D eigenvalue weighted by Gasteiger charge is 2.44. The summed E-state index contributed by atoms with van der Waals surface area (Å²) in [6.45, 7) is 0.682. The van der Waals surface area contributed by atoms with E-state index in [9.17, 15) is 9.59 Å². The van der Waals surface area contributed by atoms with Gasteiger partial charge in [0.2, 0.25) is 0 Å². The Morgan fingerprint density at radius 3 is 2.58 bits per heavy atom. The van der Waals surface area contributed by atoms with Gasteiger partial charge in [-0.05, 0) is 67.0 Å². The molecule has 0 radical (unpaired) electrons. The fraction of sp³-hybridized carbons (Fsp3) is 0.480. The van der Waals surface area contributed by atoms with Gasteiger partial charge in [-0.3, -0.25) is 14.7 Å². The van der Waals surface area contributed by atoms with E-state index in [-0.39, 0.29) is 30.6 Å². The number of imide groups is 1. The summed E-state index contributed by atoms with van der Waals surface area (Å²) in [5, 5.41) is 0. The molecule has 162 valence electrons. The van der Waals surface area contributed by atoms with Crippen molar-refractivity contribution >= 4 is 11.9 Å². The van der Waals surface area contributed by atoms with Gasteiger partial charge in [-0.15, -0.1) is 0 Å². The lowest BCUT2D eigenvalue weighted by Gasteiger charge is -2.34. The molecule has 1 saturated carbocycles. The lowest BCUT2D eigenvalue weighted by molar-refractivity contribution is -0.127. The van der Waals surface area contributed by atoms with Crippen LogP contribution >= 0.6 is 0 Å². The van der Waals surface area contributed by atoms with Crippen LogP contribution in [0.25, 0.3) is 0 Å². The van der Waals surface area contributed by atoms with Crippen molar-refractivity contribution in [2.45, 2.75) is 70.1 Å². The zero-order chi connectivity index (χ0) is 21.2. The summed E-state index contributed by atoms with van der Waals surface area (Å²) >= 11 is 0. The van der Waals surface area contributed by atoms with E-state index in [0.717, 1.165) is 61.8 Å². The van der Waals surface area contributed by atoms with Gasteiger partial charge in [0.15, 0.2) is 0 Å². The van der Waals surface area contributed by atoms with Crippen molar-refractivity contribution in [1.29, 1.82) is 0 Å². The number of hydrogen-bond donors (Lipinski definition) is 0. The molecule has 1 atom stereocenters. The molecule has 1 aromatic carbocycles.